The minimum absolute atomic E-state index is 0.0626. The highest BCUT2D eigenvalue weighted by molar-refractivity contribution is 7.86. The minimum Gasteiger partial charge on any atom is -0.463 e. The first-order valence-corrected chi connectivity index (χ1v) is 10.7. The molecule has 1 rings (SSSR count). The Bertz CT molecular complexity index is 602. The van der Waals surface area contributed by atoms with Crippen LogP contribution in [0, 0.1) is 0 Å². The van der Waals surface area contributed by atoms with Crippen LogP contribution in [0.1, 0.15) is 39.0 Å². The minimum atomic E-state index is -3.74. The lowest BCUT2D eigenvalue weighted by Crippen LogP contribution is -2.15. The van der Waals surface area contributed by atoms with Gasteiger partial charge in [0.1, 0.15) is 6.61 Å². The van der Waals surface area contributed by atoms with E-state index >= 15 is 0 Å². The Morgan fingerprint density at radius 3 is 2.15 bits per heavy atom. The fourth-order valence-corrected chi connectivity index (χ4v) is 3.08. The summed E-state index contributed by atoms with van der Waals surface area (Å²) in [6.07, 6.45) is 4.65. The number of hydrogen-bond acceptors (Lipinski definition) is 7. The van der Waals surface area contributed by atoms with Gasteiger partial charge in [0.2, 0.25) is 0 Å². The van der Waals surface area contributed by atoms with Gasteiger partial charge in [0.05, 0.1) is 37.9 Å². The predicted molar refractivity (Wildman–Crippen MR) is 101 cm³/mol. The fraction of sp³-hybridized carbons (Fsp3) is 0.632. The molecule has 0 radical (unpaired) electrons. The molecule has 0 saturated heterocycles. The highest BCUT2D eigenvalue weighted by Gasteiger charge is 2.13. The number of carbonyl (C=O) groups is 1. The summed E-state index contributed by atoms with van der Waals surface area (Å²) in [5.41, 5.74) is 0. The zero-order valence-electron chi connectivity index (χ0n) is 15.9. The summed E-state index contributed by atoms with van der Waals surface area (Å²) < 4.78 is 44.2. The molecule has 0 aliphatic rings. The monoisotopic (exact) mass is 402 g/mol. The van der Waals surface area contributed by atoms with Crippen molar-refractivity contribution in [3.63, 3.8) is 0 Å². The number of rotatable bonds is 16. The third-order valence-electron chi connectivity index (χ3n) is 3.60. The van der Waals surface area contributed by atoms with Gasteiger partial charge < -0.3 is 14.2 Å². The molecule has 0 bridgehead atoms. The quantitative estimate of drug-likeness (QED) is 0.239. The van der Waals surface area contributed by atoms with Crippen molar-refractivity contribution in [2.75, 3.05) is 39.6 Å². The van der Waals surface area contributed by atoms with Gasteiger partial charge in [-0.3, -0.25) is 8.98 Å². The van der Waals surface area contributed by atoms with E-state index in [9.17, 15) is 13.2 Å². The summed E-state index contributed by atoms with van der Waals surface area (Å²) in [7, 11) is -3.74. The molecule has 7 nitrogen and oxygen atoms in total. The second-order valence-corrected chi connectivity index (χ2v) is 7.46. The summed E-state index contributed by atoms with van der Waals surface area (Å²) in [6.45, 7) is 3.38. The van der Waals surface area contributed by atoms with Gasteiger partial charge in [0.25, 0.3) is 10.1 Å². The van der Waals surface area contributed by atoms with Crippen molar-refractivity contribution in [2.45, 2.75) is 43.9 Å². The Morgan fingerprint density at radius 1 is 0.852 bits per heavy atom. The van der Waals surface area contributed by atoms with Gasteiger partial charge in [-0.1, -0.05) is 44.4 Å². The van der Waals surface area contributed by atoms with Crippen LogP contribution >= 0.6 is 0 Å². The van der Waals surface area contributed by atoms with E-state index < -0.39 is 10.1 Å². The number of unbranched alkanes of at least 4 members (excludes halogenated alkanes) is 3. The maximum Gasteiger partial charge on any atom is 0.305 e. The van der Waals surface area contributed by atoms with Crippen molar-refractivity contribution in [3.05, 3.63) is 30.3 Å². The van der Waals surface area contributed by atoms with E-state index in [1.165, 1.54) is 12.1 Å². The molecule has 0 atom stereocenters. The van der Waals surface area contributed by atoms with Crippen LogP contribution in [0.3, 0.4) is 0 Å². The lowest BCUT2D eigenvalue weighted by atomic mass is 10.2. The molecule has 154 valence electrons. The molecule has 0 heterocycles. The zero-order valence-corrected chi connectivity index (χ0v) is 16.7. The molecule has 0 unspecified atom stereocenters. The van der Waals surface area contributed by atoms with Crippen molar-refractivity contribution in [1.82, 2.24) is 0 Å². The summed E-state index contributed by atoms with van der Waals surface area (Å²) in [5.74, 6) is -0.192. The molecule has 1 aromatic rings. The van der Waals surface area contributed by atoms with Crippen LogP contribution < -0.4 is 0 Å². The number of carbonyl (C=O) groups excluding carboxylic acids is 1. The van der Waals surface area contributed by atoms with E-state index in [2.05, 4.69) is 6.92 Å². The molecule has 0 aromatic heterocycles. The SMILES string of the molecule is CCCCCCC(=O)OCCOCCOCCOS(=O)(=O)c1ccccc1. The number of esters is 1. The smallest absolute Gasteiger partial charge is 0.305 e. The van der Waals surface area contributed by atoms with E-state index in [1.807, 2.05) is 0 Å². The van der Waals surface area contributed by atoms with Crippen LogP contribution in [-0.2, 0) is 33.3 Å². The Labute approximate surface area is 162 Å². The van der Waals surface area contributed by atoms with Gasteiger partial charge in [0.15, 0.2) is 0 Å². The van der Waals surface area contributed by atoms with Gasteiger partial charge in [0, 0.05) is 6.42 Å². The standard InChI is InChI=1S/C19H30O7S/c1-2-3-4-8-11-19(20)25-16-14-23-12-13-24-15-17-26-27(21,22)18-9-6-5-7-10-18/h5-7,9-10H,2-4,8,11-17H2,1H3. The topological polar surface area (TPSA) is 88.1 Å². The van der Waals surface area contributed by atoms with Crippen molar-refractivity contribution >= 4 is 16.1 Å². The molecule has 0 amide bonds. The predicted octanol–water partition coefficient (Wildman–Crippen LogP) is 2.94. The molecule has 0 N–H and O–H groups in total. The molecule has 0 spiro atoms. The van der Waals surface area contributed by atoms with Crippen molar-refractivity contribution in [2.24, 2.45) is 0 Å². The van der Waals surface area contributed by atoms with Gasteiger partial charge >= 0.3 is 5.97 Å². The van der Waals surface area contributed by atoms with Crippen LogP contribution in [0.4, 0.5) is 0 Å². The number of hydrogen-bond donors (Lipinski definition) is 0. The van der Waals surface area contributed by atoms with Crippen molar-refractivity contribution < 1.29 is 31.6 Å². The highest BCUT2D eigenvalue weighted by Crippen LogP contribution is 2.10. The Morgan fingerprint density at radius 2 is 1.48 bits per heavy atom. The first-order chi connectivity index (χ1) is 13.1. The summed E-state index contributed by atoms with van der Waals surface area (Å²) in [5, 5.41) is 0. The van der Waals surface area contributed by atoms with Gasteiger partial charge in [-0.2, -0.15) is 8.42 Å². The highest BCUT2D eigenvalue weighted by atomic mass is 32.2. The Hall–Kier alpha value is -1.48. The molecule has 8 heteroatoms. The second kappa shape index (κ2) is 14.6. The lowest BCUT2D eigenvalue weighted by molar-refractivity contribution is -0.145. The first kappa shape index (κ1) is 23.6. The van der Waals surface area contributed by atoms with Crippen LogP contribution in [0.2, 0.25) is 0 Å². The zero-order chi connectivity index (χ0) is 19.8. The van der Waals surface area contributed by atoms with E-state index in [1.54, 1.807) is 18.2 Å². The first-order valence-electron chi connectivity index (χ1n) is 9.32. The van der Waals surface area contributed by atoms with Gasteiger partial charge in [-0.05, 0) is 18.6 Å². The molecular weight excluding hydrogens is 372 g/mol. The van der Waals surface area contributed by atoms with Crippen LogP contribution in [0.5, 0.6) is 0 Å². The van der Waals surface area contributed by atoms with Crippen molar-refractivity contribution in [1.29, 1.82) is 0 Å². The maximum atomic E-state index is 11.8. The third-order valence-corrected chi connectivity index (χ3v) is 4.92. The molecule has 0 aliphatic heterocycles. The number of ether oxygens (including phenoxy) is 3. The third kappa shape index (κ3) is 11.8. The Kier molecular flexibility index (Phi) is 12.7. The lowest BCUT2D eigenvalue weighted by Gasteiger charge is -2.08. The molecule has 0 fully saturated rings. The summed E-state index contributed by atoms with van der Waals surface area (Å²) in [6, 6.07) is 7.95. The van der Waals surface area contributed by atoms with Gasteiger partial charge in [-0.25, -0.2) is 0 Å². The van der Waals surface area contributed by atoms with Crippen molar-refractivity contribution in [3.8, 4) is 0 Å². The van der Waals surface area contributed by atoms with E-state index in [0.29, 0.717) is 26.2 Å². The van der Waals surface area contributed by atoms with E-state index in [0.717, 1.165) is 25.7 Å². The largest absolute Gasteiger partial charge is 0.463 e. The molecular formula is C19H30O7S. The summed E-state index contributed by atoms with van der Waals surface area (Å²) >= 11 is 0. The van der Waals surface area contributed by atoms with Gasteiger partial charge in [-0.15, -0.1) is 0 Å². The second-order valence-electron chi connectivity index (χ2n) is 5.85. The van der Waals surface area contributed by atoms with Crippen LogP contribution in [0.25, 0.3) is 0 Å². The van der Waals surface area contributed by atoms with Crippen LogP contribution in [0.15, 0.2) is 35.2 Å². The average Bonchev–Trinajstić information content (AvgIpc) is 2.67. The normalized spacial score (nSPS) is 11.4. The fourth-order valence-electron chi connectivity index (χ4n) is 2.16. The molecule has 1 aromatic carbocycles. The Balaban J connectivity index is 1.92. The molecule has 27 heavy (non-hydrogen) atoms. The van der Waals surface area contributed by atoms with E-state index in [4.69, 9.17) is 18.4 Å². The van der Waals surface area contributed by atoms with Crippen LogP contribution in [-0.4, -0.2) is 54.0 Å². The number of benzene rings is 1. The maximum absolute atomic E-state index is 11.8. The molecule has 0 saturated carbocycles. The average molecular weight is 403 g/mol. The summed E-state index contributed by atoms with van der Waals surface area (Å²) in [4.78, 5) is 11.6. The van der Waals surface area contributed by atoms with E-state index in [-0.39, 0.29) is 30.7 Å². The molecule has 0 aliphatic carbocycles.